The van der Waals surface area contributed by atoms with Crippen molar-refractivity contribution in [3.63, 3.8) is 0 Å². The molecule has 0 aliphatic rings. The van der Waals surface area contributed by atoms with Crippen LogP contribution in [0.15, 0.2) is 53.0 Å². The van der Waals surface area contributed by atoms with E-state index in [1.54, 1.807) is 12.1 Å². The van der Waals surface area contributed by atoms with Gasteiger partial charge in [-0.2, -0.15) is 0 Å². The Morgan fingerprint density at radius 2 is 1.80 bits per heavy atom. The second-order valence-corrected chi connectivity index (χ2v) is 5.91. The van der Waals surface area contributed by atoms with Gasteiger partial charge in [-0.05, 0) is 48.7 Å². The lowest BCUT2D eigenvalue weighted by molar-refractivity contribution is 0.453. The third kappa shape index (κ3) is 3.84. The molecule has 0 spiro atoms. The Kier molecular flexibility index (Phi) is 5.21. The molecular formula is C17H20BrNO. The van der Waals surface area contributed by atoms with Gasteiger partial charge in [0.15, 0.2) is 0 Å². The fraction of sp³-hybridized carbons (Fsp3) is 0.294. The van der Waals surface area contributed by atoms with Crippen molar-refractivity contribution in [2.75, 3.05) is 0 Å². The van der Waals surface area contributed by atoms with Gasteiger partial charge in [0.05, 0.1) is 0 Å². The number of benzene rings is 2. The highest BCUT2D eigenvalue weighted by atomic mass is 79.9. The average Bonchev–Trinajstić information content (AvgIpc) is 2.45. The Morgan fingerprint density at radius 3 is 2.40 bits per heavy atom. The topological polar surface area (TPSA) is 32.3 Å². The molecule has 2 aromatic carbocycles. The molecule has 0 saturated carbocycles. The van der Waals surface area contributed by atoms with E-state index in [0.29, 0.717) is 5.75 Å². The van der Waals surface area contributed by atoms with E-state index in [4.69, 9.17) is 0 Å². The zero-order chi connectivity index (χ0) is 14.5. The Morgan fingerprint density at radius 1 is 1.10 bits per heavy atom. The van der Waals surface area contributed by atoms with Gasteiger partial charge in [0, 0.05) is 16.6 Å². The SMILES string of the molecule is CCC(NC(C)c1cccc(Br)c1)c1ccc(O)cc1. The predicted molar refractivity (Wildman–Crippen MR) is 86.8 cm³/mol. The first kappa shape index (κ1) is 15.1. The van der Waals surface area contributed by atoms with Crippen molar-refractivity contribution in [1.82, 2.24) is 5.32 Å². The highest BCUT2D eigenvalue weighted by molar-refractivity contribution is 9.10. The number of phenols is 1. The summed E-state index contributed by atoms with van der Waals surface area (Å²) in [5.74, 6) is 0.309. The molecule has 106 valence electrons. The molecule has 0 aliphatic carbocycles. The molecule has 20 heavy (non-hydrogen) atoms. The predicted octanol–water partition coefficient (Wildman–Crippen LogP) is 4.96. The molecule has 2 aromatic rings. The monoisotopic (exact) mass is 333 g/mol. The highest BCUT2D eigenvalue weighted by Crippen LogP contribution is 2.24. The van der Waals surface area contributed by atoms with Crippen molar-refractivity contribution < 1.29 is 5.11 Å². The molecule has 2 nitrogen and oxygen atoms in total. The molecule has 0 aromatic heterocycles. The van der Waals surface area contributed by atoms with Gasteiger partial charge >= 0.3 is 0 Å². The molecule has 2 rings (SSSR count). The van der Waals surface area contributed by atoms with Crippen molar-refractivity contribution in [1.29, 1.82) is 0 Å². The lowest BCUT2D eigenvalue weighted by Gasteiger charge is -2.23. The van der Waals surface area contributed by atoms with Gasteiger partial charge in [0.25, 0.3) is 0 Å². The average molecular weight is 334 g/mol. The molecule has 2 unspecified atom stereocenters. The maximum atomic E-state index is 9.38. The van der Waals surface area contributed by atoms with Crippen LogP contribution in [0.2, 0.25) is 0 Å². The van der Waals surface area contributed by atoms with Crippen molar-refractivity contribution in [2.45, 2.75) is 32.4 Å². The van der Waals surface area contributed by atoms with Gasteiger partial charge in [-0.3, -0.25) is 0 Å². The summed E-state index contributed by atoms with van der Waals surface area (Å²) >= 11 is 3.51. The first-order valence-corrected chi connectivity index (χ1v) is 7.70. The smallest absolute Gasteiger partial charge is 0.115 e. The minimum Gasteiger partial charge on any atom is -0.508 e. The summed E-state index contributed by atoms with van der Waals surface area (Å²) in [6.07, 6.45) is 1.00. The van der Waals surface area contributed by atoms with Gasteiger partial charge in [0.1, 0.15) is 5.75 Å². The minimum atomic E-state index is 0.270. The molecule has 0 aliphatic heterocycles. The summed E-state index contributed by atoms with van der Waals surface area (Å²) in [5.41, 5.74) is 2.46. The molecular weight excluding hydrogens is 314 g/mol. The van der Waals surface area contributed by atoms with E-state index < -0.39 is 0 Å². The second-order valence-electron chi connectivity index (χ2n) is 5.00. The van der Waals surface area contributed by atoms with Crippen LogP contribution < -0.4 is 5.32 Å². The first-order valence-electron chi connectivity index (χ1n) is 6.90. The number of hydrogen-bond acceptors (Lipinski definition) is 2. The van der Waals surface area contributed by atoms with Crippen molar-refractivity contribution in [3.05, 3.63) is 64.1 Å². The lowest BCUT2D eigenvalue weighted by atomic mass is 10.0. The van der Waals surface area contributed by atoms with Gasteiger partial charge in [-0.1, -0.05) is 47.1 Å². The number of rotatable bonds is 5. The molecule has 0 fully saturated rings. The van der Waals surface area contributed by atoms with Crippen LogP contribution in [0, 0.1) is 0 Å². The largest absolute Gasteiger partial charge is 0.508 e. The normalized spacial score (nSPS) is 13.9. The van der Waals surface area contributed by atoms with Crippen LogP contribution in [0.4, 0.5) is 0 Å². The van der Waals surface area contributed by atoms with Crippen LogP contribution in [0.1, 0.15) is 43.5 Å². The van der Waals surface area contributed by atoms with E-state index in [1.807, 2.05) is 18.2 Å². The van der Waals surface area contributed by atoms with E-state index in [0.717, 1.165) is 10.9 Å². The van der Waals surface area contributed by atoms with E-state index in [9.17, 15) is 5.11 Å². The van der Waals surface area contributed by atoms with Crippen LogP contribution >= 0.6 is 15.9 Å². The lowest BCUT2D eigenvalue weighted by Crippen LogP contribution is -2.24. The molecule has 2 N–H and O–H groups in total. The Balaban J connectivity index is 2.11. The molecule has 0 heterocycles. The Labute approximate surface area is 129 Å². The van der Waals surface area contributed by atoms with Crippen LogP contribution in [0.25, 0.3) is 0 Å². The van der Waals surface area contributed by atoms with Gasteiger partial charge in [0.2, 0.25) is 0 Å². The van der Waals surface area contributed by atoms with Crippen molar-refractivity contribution >= 4 is 15.9 Å². The quantitative estimate of drug-likeness (QED) is 0.810. The summed E-state index contributed by atoms with van der Waals surface area (Å²) in [6, 6.07) is 16.3. The molecule has 0 saturated heterocycles. The fourth-order valence-electron chi connectivity index (χ4n) is 2.33. The third-order valence-corrected chi connectivity index (χ3v) is 4.00. The summed E-state index contributed by atoms with van der Waals surface area (Å²) in [6.45, 7) is 4.34. The van der Waals surface area contributed by atoms with Crippen LogP contribution in [-0.2, 0) is 0 Å². The minimum absolute atomic E-state index is 0.270. The van der Waals surface area contributed by atoms with E-state index in [-0.39, 0.29) is 12.1 Å². The number of halogens is 1. The third-order valence-electron chi connectivity index (χ3n) is 3.50. The first-order chi connectivity index (χ1) is 9.60. The van der Waals surface area contributed by atoms with Gasteiger partial charge < -0.3 is 10.4 Å². The van der Waals surface area contributed by atoms with Crippen molar-refractivity contribution in [2.24, 2.45) is 0 Å². The summed E-state index contributed by atoms with van der Waals surface area (Å²) < 4.78 is 1.10. The maximum Gasteiger partial charge on any atom is 0.115 e. The molecule has 0 radical (unpaired) electrons. The van der Waals surface area contributed by atoms with Gasteiger partial charge in [-0.25, -0.2) is 0 Å². The van der Waals surface area contributed by atoms with Crippen LogP contribution in [0.5, 0.6) is 5.75 Å². The van der Waals surface area contributed by atoms with Gasteiger partial charge in [-0.15, -0.1) is 0 Å². The second kappa shape index (κ2) is 6.91. The molecule has 0 amide bonds. The Bertz CT molecular complexity index is 553. The molecule has 3 heteroatoms. The summed E-state index contributed by atoms with van der Waals surface area (Å²) in [7, 11) is 0. The number of phenolic OH excluding ortho intramolecular Hbond substituents is 1. The van der Waals surface area contributed by atoms with E-state index >= 15 is 0 Å². The van der Waals surface area contributed by atoms with E-state index in [2.05, 4.69) is 53.3 Å². The highest BCUT2D eigenvalue weighted by Gasteiger charge is 2.13. The Hall–Kier alpha value is -1.32. The molecule has 2 atom stereocenters. The standard InChI is InChI=1S/C17H20BrNO/c1-3-17(13-7-9-16(20)10-8-13)19-12(2)14-5-4-6-15(18)11-14/h4-12,17,19-20H,3H2,1-2H3. The zero-order valence-corrected chi connectivity index (χ0v) is 13.4. The summed E-state index contributed by atoms with van der Waals surface area (Å²) in [5, 5.41) is 13.0. The number of nitrogens with one attached hydrogen (secondary N) is 1. The maximum absolute atomic E-state index is 9.38. The fourth-order valence-corrected chi connectivity index (χ4v) is 2.75. The summed E-state index contributed by atoms with van der Waals surface area (Å²) in [4.78, 5) is 0. The zero-order valence-electron chi connectivity index (χ0n) is 11.8. The van der Waals surface area contributed by atoms with Crippen LogP contribution in [-0.4, -0.2) is 5.11 Å². The van der Waals surface area contributed by atoms with Crippen molar-refractivity contribution in [3.8, 4) is 5.75 Å². The molecule has 0 bridgehead atoms. The number of hydrogen-bond donors (Lipinski definition) is 2. The number of aromatic hydroxyl groups is 1. The van der Waals surface area contributed by atoms with E-state index in [1.165, 1.54) is 11.1 Å². The van der Waals surface area contributed by atoms with Crippen LogP contribution in [0.3, 0.4) is 0 Å².